The third-order valence-corrected chi connectivity index (χ3v) is 4.93. The van der Waals surface area contributed by atoms with Crippen molar-refractivity contribution in [3.05, 3.63) is 0 Å². The number of halogens is 2. The van der Waals surface area contributed by atoms with E-state index in [-0.39, 0.29) is 54.5 Å². The van der Waals surface area contributed by atoms with Crippen LogP contribution in [0.25, 0.3) is 0 Å². The topological polar surface area (TPSA) is 268 Å². The van der Waals surface area contributed by atoms with Crippen molar-refractivity contribution in [3.63, 3.8) is 0 Å². The first kappa shape index (κ1) is 38.1. The minimum absolute atomic E-state index is 0. The molecule has 0 saturated carbocycles. The summed E-state index contributed by atoms with van der Waals surface area (Å²) in [4.78, 5) is 0. The third-order valence-electron chi connectivity index (χ3n) is 4.93. The van der Waals surface area contributed by atoms with Gasteiger partial charge < -0.3 is 87.9 Å². The van der Waals surface area contributed by atoms with Crippen LogP contribution in [0.5, 0.6) is 0 Å². The van der Waals surface area contributed by atoms with E-state index >= 15 is 0 Å². The molecular weight excluding hydrogens is 534 g/mol. The Labute approximate surface area is 215 Å². The molecule has 0 spiro atoms. The van der Waals surface area contributed by atoms with Crippen LogP contribution in [0.15, 0.2) is 0 Å². The van der Waals surface area contributed by atoms with E-state index in [0.717, 1.165) is 0 Å². The van der Waals surface area contributed by atoms with Gasteiger partial charge in [-0.3, -0.25) is 10.6 Å². The second-order valence-electron chi connectivity index (χ2n) is 7.16. The Hall–Kier alpha value is 0.514. The third kappa shape index (κ3) is 11.0. The van der Waals surface area contributed by atoms with Crippen LogP contribution in [0.3, 0.4) is 0 Å². The maximum absolute atomic E-state index is 9.58. The van der Waals surface area contributed by atoms with Gasteiger partial charge in [-0.2, -0.15) is 0 Å². The number of nitrogens with one attached hydrogen (secondary N) is 2. The smallest absolute Gasteiger partial charge is 1.00 e. The zero-order valence-corrected chi connectivity index (χ0v) is 20.4. The molecule has 0 aromatic heterocycles. The van der Waals surface area contributed by atoms with Crippen molar-refractivity contribution in [2.75, 3.05) is 39.4 Å². The molecule has 2 rings (SSSR count). The van der Waals surface area contributed by atoms with Crippen LogP contribution in [0.2, 0.25) is 0 Å². The fourth-order valence-electron chi connectivity index (χ4n) is 3.09. The number of ether oxygens (including phenoxy) is 2. The van der Waals surface area contributed by atoms with Crippen LogP contribution in [0, 0.1) is 0 Å². The quantitative estimate of drug-likeness (QED) is 0.121. The minimum Gasteiger partial charge on any atom is -1.00 e. The molecule has 16 N–H and O–H groups in total. The summed E-state index contributed by atoms with van der Waals surface area (Å²) in [5, 5.41) is 61.7. The van der Waals surface area contributed by atoms with Gasteiger partial charge in [-0.1, -0.05) is 0 Å². The first-order chi connectivity index (χ1) is 14.2. The standard InChI is InChI=1S/2C8H19N3O4.2ClH.Ni/c2*9-1-2-11-8-5(10)7(14)6(13)4(3-12)15-8;;;/h2*4-8,11-14H,1-3,9-10H2;2*1H;/q;;;;+2/p-2/t2*4-,5-,6-,7-,8-;;;/m11.../s1. The van der Waals surface area contributed by atoms with Gasteiger partial charge >= 0.3 is 16.5 Å². The molecule has 0 unspecified atom stereocenters. The van der Waals surface area contributed by atoms with Gasteiger partial charge in [0.15, 0.2) is 0 Å². The van der Waals surface area contributed by atoms with E-state index in [2.05, 4.69) is 10.6 Å². The molecule has 0 bridgehead atoms. The van der Waals surface area contributed by atoms with E-state index in [4.69, 9.17) is 42.6 Å². The summed E-state index contributed by atoms with van der Waals surface area (Å²) in [6.45, 7) is 1.06. The van der Waals surface area contributed by atoms with Crippen molar-refractivity contribution in [1.82, 2.24) is 10.6 Å². The minimum atomic E-state index is -1.17. The SMILES string of the molecule is NCCN[C@@H]1O[C@H](CO)[C@@H](O)[C@H](O)[C@H]1N.NCCN[C@@H]1O[C@H](CO)[C@@H](O)[C@H](O)[C@H]1N.[Cl-].[Cl-].[Ni+2]. The molecule has 2 aliphatic rings. The average molecular weight is 572 g/mol. The van der Waals surface area contributed by atoms with Crippen molar-refractivity contribution in [2.45, 2.75) is 61.2 Å². The Morgan fingerprint density at radius 1 is 0.636 bits per heavy atom. The largest absolute Gasteiger partial charge is 2.00 e. The molecule has 0 aromatic rings. The van der Waals surface area contributed by atoms with E-state index in [1.807, 2.05) is 0 Å². The van der Waals surface area contributed by atoms with Crippen molar-refractivity contribution >= 4 is 0 Å². The van der Waals surface area contributed by atoms with E-state index in [1.165, 1.54) is 0 Å². The van der Waals surface area contributed by atoms with Crippen molar-refractivity contribution in [2.24, 2.45) is 22.9 Å². The molecule has 2 aliphatic heterocycles. The normalized spacial score (nSPS) is 38.0. The summed E-state index contributed by atoms with van der Waals surface area (Å²) in [5.41, 5.74) is 21.9. The molecule has 204 valence electrons. The van der Waals surface area contributed by atoms with Gasteiger partial charge in [0.1, 0.15) is 49.1 Å². The van der Waals surface area contributed by atoms with Crippen molar-refractivity contribution < 1.29 is 81.4 Å². The molecule has 0 radical (unpaired) electrons. The Bertz CT molecular complexity index is 443. The Balaban J connectivity index is -0.000000500. The maximum Gasteiger partial charge on any atom is 2.00 e. The molecule has 0 aliphatic carbocycles. The molecule has 33 heavy (non-hydrogen) atoms. The molecule has 0 aromatic carbocycles. The van der Waals surface area contributed by atoms with Gasteiger partial charge in [0.2, 0.25) is 0 Å². The van der Waals surface area contributed by atoms with E-state index in [9.17, 15) is 20.4 Å². The summed E-state index contributed by atoms with van der Waals surface area (Å²) >= 11 is 0. The van der Waals surface area contributed by atoms with Gasteiger partial charge in [0.25, 0.3) is 0 Å². The summed E-state index contributed by atoms with van der Waals surface area (Å²) in [5.74, 6) is 0. The average Bonchev–Trinajstić information content (AvgIpc) is 2.75. The second-order valence-corrected chi connectivity index (χ2v) is 7.16. The van der Waals surface area contributed by atoms with Gasteiger partial charge in [0.05, 0.1) is 25.3 Å². The number of nitrogens with two attached hydrogens (primary N) is 4. The fourth-order valence-corrected chi connectivity index (χ4v) is 3.09. The predicted molar refractivity (Wildman–Crippen MR) is 106 cm³/mol. The van der Waals surface area contributed by atoms with Gasteiger partial charge in [-0.05, 0) is 0 Å². The maximum atomic E-state index is 9.58. The molecular formula is C16H38Cl2N6NiO8. The number of aliphatic hydroxyl groups excluding tert-OH is 6. The summed E-state index contributed by atoms with van der Waals surface area (Å²) in [7, 11) is 0. The molecule has 14 nitrogen and oxygen atoms in total. The van der Waals surface area contributed by atoms with E-state index in [0.29, 0.717) is 26.2 Å². The van der Waals surface area contributed by atoms with Crippen molar-refractivity contribution in [1.29, 1.82) is 0 Å². The Kier molecular flexibility index (Phi) is 22.7. The van der Waals surface area contributed by atoms with Crippen LogP contribution in [0.4, 0.5) is 0 Å². The monoisotopic (exact) mass is 570 g/mol. The second kappa shape index (κ2) is 19.7. The molecule has 2 heterocycles. The zero-order chi connectivity index (χ0) is 22.8. The molecule has 2 saturated heterocycles. The van der Waals surface area contributed by atoms with Crippen LogP contribution < -0.4 is 58.4 Å². The first-order valence-electron chi connectivity index (χ1n) is 9.86. The fraction of sp³-hybridized carbons (Fsp3) is 1.00. The van der Waals surface area contributed by atoms with Gasteiger partial charge in [-0.15, -0.1) is 0 Å². The first-order valence-corrected chi connectivity index (χ1v) is 9.86. The van der Waals surface area contributed by atoms with Gasteiger partial charge in [-0.25, -0.2) is 0 Å². The molecule has 17 heteroatoms. The zero-order valence-electron chi connectivity index (χ0n) is 17.9. The van der Waals surface area contributed by atoms with Crippen LogP contribution >= 0.6 is 0 Å². The number of hydrogen-bond acceptors (Lipinski definition) is 14. The number of rotatable bonds is 8. The van der Waals surface area contributed by atoms with E-state index < -0.39 is 61.2 Å². The van der Waals surface area contributed by atoms with Crippen LogP contribution in [0.1, 0.15) is 0 Å². The van der Waals surface area contributed by atoms with Crippen LogP contribution in [-0.2, 0) is 26.0 Å². The summed E-state index contributed by atoms with van der Waals surface area (Å²) in [6.07, 6.45) is -7.43. The Morgan fingerprint density at radius 2 is 0.939 bits per heavy atom. The van der Waals surface area contributed by atoms with Crippen LogP contribution in [-0.4, -0.2) is 131 Å². The molecule has 10 atom stereocenters. The van der Waals surface area contributed by atoms with Gasteiger partial charge in [0, 0.05) is 26.2 Å². The number of hydrogen-bond donors (Lipinski definition) is 12. The molecule has 0 amide bonds. The number of aliphatic hydroxyl groups is 6. The summed E-state index contributed by atoms with van der Waals surface area (Å²) < 4.78 is 10.6. The van der Waals surface area contributed by atoms with Crippen molar-refractivity contribution in [3.8, 4) is 0 Å². The van der Waals surface area contributed by atoms with E-state index in [1.54, 1.807) is 0 Å². The predicted octanol–water partition coefficient (Wildman–Crippen LogP) is -13.4. The molecule has 2 fully saturated rings. The Morgan fingerprint density at radius 3 is 1.18 bits per heavy atom. The summed E-state index contributed by atoms with van der Waals surface area (Å²) in [6, 6.07) is -1.48.